The first-order valence-corrected chi connectivity index (χ1v) is 8.14. The Morgan fingerprint density at radius 1 is 1.41 bits per heavy atom. The van der Waals surface area contributed by atoms with Crippen LogP contribution >= 0.6 is 0 Å². The largest absolute Gasteiger partial charge is 0.369 e. The molecule has 1 fully saturated rings. The molecule has 3 heterocycles. The molecule has 0 spiro atoms. The number of hydrogen-bond acceptors (Lipinski definition) is 4. The maximum atomic E-state index is 5.94. The number of aryl methyl sites for hydroxylation is 2. The fourth-order valence-electron chi connectivity index (χ4n) is 3.07. The summed E-state index contributed by atoms with van der Waals surface area (Å²) in [5, 5.41) is 7.96. The van der Waals surface area contributed by atoms with Crippen LogP contribution in [0.3, 0.4) is 0 Å². The molecule has 22 heavy (non-hydrogen) atoms. The predicted octanol–water partition coefficient (Wildman–Crippen LogP) is 2.00. The van der Waals surface area contributed by atoms with Gasteiger partial charge in [-0.1, -0.05) is 0 Å². The lowest BCUT2D eigenvalue weighted by Crippen LogP contribution is -2.39. The SMILES string of the molecule is CCn1ccnc1[C@H]1OCC[C@@H]1N[C@H](C)CCn1cccn1. The van der Waals surface area contributed by atoms with Crippen molar-refractivity contribution in [1.82, 2.24) is 24.6 Å². The van der Waals surface area contributed by atoms with Crippen LogP contribution in [-0.2, 0) is 17.8 Å². The van der Waals surface area contributed by atoms with Gasteiger partial charge in [-0.15, -0.1) is 0 Å². The number of nitrogens with zero attached hydrogens (tertiary/aromatic N) is 4. The van der Waals surface area contributed by atoms with E-state index < -0.39 is 0 Å². The van der Waals surface area contributed by atoms with Crippen LogP contribution in [0.1, 0.15) is 38.6 Å². The maximum absolute atomic E-state index is 5.94. The first-order chi connectivity index (χ1) is 10.8. The van der Waals surface area contributed by atoms with Crippen molar-refractivity contribution in [2.75, 3.05) is 6.61 Å². The molecule has 6 heteroatoms. The summed E-state index contributed by atoms with van der Waals surface area (Å²) < 4.78 is 10.1. The van der Waals surface area contributed by atoms with Crippen molar-refractivity contribution >= 4 is 0 Å². The molecule has 120 valence electrons. The van der Waals surface area contributed by atoms with E-state index in [4.69, 9.17) is 4.74 Å². The van der Waals surface area contributed by atoms with E-state index >= 15 is 0 Å². The van der Waals surface area contributed by atoms with Gasteiger partial charge in [0.1, 0.15) is 11.9 Å². The highest BCUT2D eigenvalue weighted by molar-refractivity contribution is 5.03. The monoisotopic (exact) mass is 303 g/mol. The summed E-state index contributed by atoms with van der Waals surface area (Å²) in [6.07, 6.45) is 9.85. The van der Waals surface area contributed by atoms with Crippen molar-refractivity contribution in [3.8, 4) is 0 Å². The molecule has 0 amide bonds. The van der Waals surface area contributed by atoms with E-state index in [-0.39, 0.29) is 6.10 Å². The minimum atomic E-state index is 0.0575. The molecule has 2 aromatic heterocycles. The summed E-state index contributed by atoms with van der Waals surface area (Å²) in [4.78, 5) is 4.50. The topological polar surface area (TPSA) is 56.9 Å². The second-order valence-electron chi connectivity index (χ2n) is 5.88. The van der Waals surface area contributed by atoms with Gasteiger partial charge in [-0.3, -0.25) is 4.68 Å². The third kappa shape index (κ3) is 3.39. The van der Waals surface area contributed by atoms with Gasteiger partial charge in [-0.05, 0) is 32.8 Å². The Balaban J connectivity index is 1.56. The average molecular weight is 303 g/mol. The third-order valence-electron chi connectivity index (χ3n) is 4.28. The molecule has 2 aromatic rings. The molecule has 1 saturated heterocycles. The van der Waals surface area contributed by atoms with Crippen LogP contribution in [-0.4, -0.2) is 38.0 Å². The van der Waals surface area contributed by atoms with Gasteiger partial charge in [0, 0.05) is 56.6 Å². The van der Waals surface area contributed by atoms with E-state index in [1.807, 2.05) is 35.5 Å². The highest BCUT2D eigenvalue weighted by atomic mass is 16.5. The molecule has 0 saturated carbocycles. The van der Waals surface area contributed by atoms with Gasteiger partial charge in [-0.25, -0.2) is 4.98 Å². The third-order valence-corrected chi connectivity index (χ3v) is 4.28. The van der Waals surface area contributed by atoms with Crippen LogP contribution < -0.4 is 5.32 Å². The number of imidazole rings is 1. The van der Waals surface area contributed by atoms with Crippen LogP contribution in [0.5, 0.6) is 0 Å². The number of ether oxygens (including phenoxy) is 1. The fraction of sp³-hybridized carbons (Fsp3) is 0.625. The highest BCUT2D eigenvalue weighted by Crippen LogP contribution is 2.28. The zero-order chi connectivity index (χ0) is 15.4. The standard InChI is InChI=1S/C16H25N5O/c1-3-20-11-8-17-16(20)15-14(6-12-22-15)19-13(2)5-10-21-9-4-7-18-21/h4,7-9,11,13-15,19H,3,5-6,10,12H2,1-2H3/t13-,14+,15+/m1/s1. The van der Waals surface area contributed by atoms with Crippen LogP contribution in [0, 0.1) is 0 Å². The Labute approximate surface area is 131 Å². The maximum Gasteiger partial charge on any atom is 0.139 e. The lowest BCUT2D eigenvalue weighted by Gasteiger charge is -2.24. The van der Waals surface area contributed by atoms with E-state index in [1.54, 1.807) is 0 Å². The molecule has 3 rings (SSSR count). The highest BCUT2D eigenvalue weighted by Gasteiger charge is 2.33. The molecule has 0 radical (unpaired) electrons. The van der Waals surface area contributed by atoms with Gasteiger partial charge in [0.05, 0.1) is 0 Å². The molecule has 6 nitrogen and oxygen atoms in total. The quantitative estimate of drug-likeness (QED) is 0.850. The van der Waals surface area contributed by atoms with E-state index in [1.165, 1.54) is 0 Å². The molecule has 3 atom stereocenters. The molecule has 0 bridgehead atoms. The molecule has 0 aromatic carbocycles. The predicted molar refractivity (Wildman–Crippen MR) is 84.4 cm³/mol. The van der Waals surface area contributed by atoms with Gasteiger partial charge >= 0.3 is 0 Å². The van der Waals surface area contributed by atoms with Crippen molar-refractivity contribution in [2.45, 2.75) is 58.0 Å². The van der Waals surface area contributed by atoms with Crippen molar-refractivity contribution < 1.29 is 4.74 Å². The van der Waals surface area contributed by atoms with E-state index in [9.17, 15) is 0 Å². The minimum Gasteiger partial charge on any atom is -0.369 e. The summed E-state index contributed by atoms with van der Waals surface area (Å²) >= 11 is 0. The molecule has 0 aliphatic carbocycles. The lowest BCUT2D eigenvalue weighted by atomic mass is 10.1. The van der Waals surface area contributed by atoms with E-state index in [0.29, 0.717) is 12.1 Å². The van der Waals surface area contributed by atoms with Crippen LogP contribution in [0.25, 0.3) is 0 Å². The Morgan fingerprint density at radius 2 is 2.32 bits per heavy atom. The zero-order valence-electron chi connectivity index (χ0n) is 13.4. The summed E-state index contributed by atoms with van der Waals surface area (Å²) in [5.41, 5.74) is 0. The molecule has 1 aliphatic rings. The summed E-state index contributed by atoms with van der Waals surface area (Å²) in [5.74, 6) is 1.04. The van der Waals surface area contributed by atoms with Crippen LogP contribution in [0.4, 0.5) is 0 Å². The van der Waals surface area contributed by atoms with Crippen molar-refractivity contribution in [3.63, 3.8) is 0 Å². The van der Waals surface area contributed by atoms with E-state index in [0.717, 1.165) is 38.4 Å². The van der Waals surface area contributed by atoms with Gasteiger partial charge < -0.3 is 14.6 Å². The van der Waals surface area contributed by atoms with Crippen molar-refractivity contribution in [2.24, 2.45) is 0 Å². The number of aromatic nitrogens is 4. The number of nitrogens with one attached hydrogen (secondary N) is 1. The fourth-order valence-corrected chi connectivity index (χ4v) is 3.07. The van der Waals surface area contributed by atoms with Gasteiger partial charge in [0.25, 0.3) is 0 Å². The molecule has 0 unspecified atom stereocenters. The second-order valence-corrected chi connectivity index (χ2v) is 5.88. The normalized spacial score (nSPS) is 23.0. The Morgan fingerprint density at radius 3 is 3.09 bits per heavy atom. The Hall–Kier alpha value is -1.66. The molecule has 1 aliphatic heterocycles. The summed E-state index contributed by atoms with van der Waals surface area (Å²) in [7, 11) is 0. The van der Waals surface area contributed by atoms with E-state index in [2.05, 4.69) is 33.8 Å². The van der Waals surface area contributed by atoms with Crippen molar-refractivity contribution in [3.05, 3.63) is 36.7 Å². The smallest absolute Gasteiger partial charge is 0.139 e. The molecule has 1 N–H and O–H groups in total. The van der Waals surface area contributed by atoms with Crippen LogP contribution in [0.2, 0.25) is 0 Å². The summed E-state index contributed by atoms with van der Waals surface area (Å²) in [6, 6.07) is 2.72. The Kier molecular flexibility index (Phi) is 4.90. The number of rotatable bonds is 7. The summed E-state index contributed by atoms with van der Waals surface area (Å²) in [6.45, 7) is 7.02. The van der Waals surface area contributed by atoms with Gasteiger partial charge in [0.2, 0.25) is 0 Å². The second kappa shape index (κ2) is 7.07. The van der Waals surface area contributed by atoms with Crippen molar-refractivity contribution in [1.29, 1.82) is 0 Å². The minimum absolute atomic E-state index is 0.0575. The average Bonchev–Trinajstić information content (AvgIpc) is 3.25. The number of hydrogen-bond donors (Lipinski definition) is 1. The zero-order valence-corrected chi connectivity index (χ0v) is 13.4. The molecular weight excluding hydrogens is 278 g/mol. The molecular formula is C16H25N5O. The first kappa shape index (κ1) is 15.2. The lowest BCUT2D eigenvalue weighted by molar-refractivity contribution is 0.0865. The van der Waals surface area contributed by atoms with Gasteiger partial charge in [-0.2, -0.15) is 5.10 Å². The first-order valence-electron chi connectivity index (χ1n) is 8.14. The van der Waals surface area contributed by atoms with Gasteiger partial charge in [0.15, 0.2) is 0 Å². The van der Waals surface area contributed by atoms with Crippen LogP contribution in [0.15, 0.2) is 30.9 Å². The Bertz CT molecular complexity index is 565.